The SMILES string of the molecule is CC1COC(CO)CN1C(=O)Cn1cnc2ccccc21. The van der Waals surface area contributed by atoms with E-state index in [2.05, 4.69) is 4.98 Å². The second-order valence-electron chi connectivity index (χ2n) is 5.39. The molecule has 1 aromatic carbocycles. The average Bonchev–Trinajstić information content (AvgIpc) is 2.91. The van der Waals surface area contributed by atoms with Crippen molar-refractivity contribution in [3.8, 4) is 0 Å². The first-order chi connectivity index (χ1) is 10.2. The zero-order valence-corrected chi connectivity index (χ0v) is 12.0. The van der Waals surface area contributed by atoms with Crippen LogP contribution in [0.15, 0.2) is 30.6 Å². The van der Waals surface area contributed by atoms with E-state index in [0.29, 0.717) is 13.2 Å². The van der Waals surface area contributed by atoms with Crippen molar-refractivity contribution in [3.63, 3.8) is 0 Å². The Morgan fingerprint density at radius 1 is 1.48 bits per heavy atom. The van der Waals surface area contributed by atoms with E-state index in [4.69, 9.17) is 4.74 Å². The molecule has 1 amide bonds. The van der Waals surface area contributed by atoms with Gasteiger partial charge in [0.2, 0.25) is 5.91 Å². The molecule has 6 heteroatoms. The fourth-order valence-electron chi connectivity index (χ4n) is 2.65. The van der Waals surface area contributed by atoms with Gasteiger partial charge in [0.25, 0.3) is 0 Å². The molecule has 0 bridgehead atoms. The summed E-state index contributed by atoms with van der Waals surface area (Å²) in [6.45, 7) is 3.04. The van der Waals surface area contributed by atoms with Crippen LogP contribution in [0.4, 0.5) is 0 Å². The lowest BCUT2D eigenvalue weighted by molar-refractivity contribution is -0.146. The monoisotopic (exact) mass is 289 g/mol. The minimum absolute atomic E-state index is 0.0207. The Kier molecular flexibility index (Phi) is 3.90. The van der Waals surface area contributed by atoms with Crippen LogP contribution in [0.5, 0.6) is 0 Å². The molecule has 1 fully saturated rings. The number of para-hydroxylation sites is 2. The number of hydrogen-bond donors (Lipinski definition) is 1. The summed E-state index contributed by atoms with van der Waals surface area (Å²) < 4.78 is 7.32. The van der Waals surface area contributed by atoms with E-state index in [1.807, 2.05) is 35.8 Å². The minimum atomic E-state index is -0.287. The zero-order valence-electron chi connectivity index (χ0n) is 12.0. The van der Waals surface area contributed by atoms with Crippen molar-refractivity contribution >= 4 is 16.9 Å². The number of amides is 1. The van der Waals surface area contributed by atoms with E-state index >= 15 is 0 Å². The number of rotatable bonds is 3. The first-order valence-corrected chi connectivity index (χ1v) is 7.11. The molecule has 0 aliphatic carbocycles. The summed E-state index contributed by atoms with van der Waals surface area (Å²) in [7, 11) is 0. The molecular formula is C15H19N3O3. The lowest BCUT2D eigenvalue weighted by Gasteiger charge is -2.37. The maximum Gasteiger partial charge on any atom is 0.242 e. The van der Waals surface area contributed by atoms with Gasteiger partial charge in [-0.2, -0.15) is 0 Å². The van der Waals surface area contributed by atoms with Gasteiger partial charge < -0.3 is 19.3 Å². The topological polar surface area (TPSA) is 67.6 Å². The smallest absolute Gasteiger partial charge is 0.242 e. The Labute approximate surface area is 122 Å². The highest BCUT2D eigenvalue weighted by Crippen LogP contribution is 2.15. The Morgan fingerprint density at radius 3 is 3.10 bits per heavy atom. The average molecular weight is 289 g/mol. The molecule has 0 radical (unpaired) electrons. The first kappa shape index (κ1) is 14.0. The molecule has 2 heterocycles. The molecule has 6 nitrogen and oxygen atoms in total. The summed E-state index contributed by atoms with van der Waals surface area (Å²) in [4.78, 5) is 18.6. The van der Waals surface area contributed by atoms with Crippen molar-refractivity contribution < 1.29 is 14.6 Å². The van der Waals surface area contributed by atoms with Crippen LogP contribution < -0.4 is 0 Å². The summed E-state index contributed by atoms with van der Waals surface area (Å²) in [5, 5.41) is 9.20. The van der Waals surface area contributed by atoms with Crippen molar-refractivity contribution in [2.45, 2.75) is 25.6 Å². The highest BCUT2D eigenvalue weighted by atomic mass is 16.5. The van der Waals surface area contributed by atoms with Crippen molar-refractivity contribution in [1.29, 1.82) is 0 Å². The van der Waals surface area contributed by atoms with Crippen molar-refractivity contribution in [2.24, 2.45) is 0 Å². The number of aliphatic hydroxyl groups excluding tert-OH is 1. The molecule has 1 N–H and O–H groups in total. The van der Waals surface area contributed by atoms with Crippen LogP contribution in [0.1, 0.15) is 6.92 Å². The van der Waals surface area contributed by atoms with Crippen molar-refractivity contribution in [3.05, 3.63) is 30.6 Å². The van der Waals surface area contributed by atoms with Crippen LogP contribution >= 0.6 is 0 Å². The van der Waals surface area contributed by atoms with Gasteiger partial charge in [-0.25, -0.2) is 4.98 Å². The number of carbonyl (C=O) groups excluding carboxylic acids is 1. The van der Waals surface area contributed by atoms with E-state index in [1.165, 1.54) is 0 Å². The Balaban J connectivity index is 1.76. The van der Waals surface area contributed by atoms with Gasteiger partial charge in [-0.05, 0) is 19.1 Å². The largest absolute Gasteiger partial charge is 0.394 e. The zero-order chi connectivity index (χ0) is 14.8. The maximum atomic E-state index is 12.5. The minimum Gasteiger partial charge on any atom is -0.394 e. The number of hydrogen-bond acceptors (Lipinski definition) is 4. The van der Waals surface area contributed by atoms with E-state index in [-0.39, 0.29) is 31.2 Å². The predicted molar refractivity (Wildman–Crippen MR) is 77.7 cm³/mol. The molecule has 1 saturated heterocycles. The van der Waals surface area contributed by atoms with Gasteiger partial charge in [0.1, 0.15) is 6.54 Å². The van der Waals surface area contributed by atoms with Crippen LogP contribution in [-0.2, 0) is 16.1 Å². The van der Waals surface area contributed by atoms with Crippen LogP contribution in [0.25, 0.3) is 11.0 Å². The molecule has 112 valence electrons. The Hall–Kier alpha value is -1.92. The van der Waals surface area contributed by atoms with Crippen LogP contribution in [0.2, 0.25) is 0 Å². The highest BCUT2D eigenvalue weighted by molar-refractivity contribution is 5.80. The fraction of sp³-hybridized carbons (Fsp3) is 0.467. The molecule has 21 heavy (non-hydrogen) atoms. The summed E-state index contributed by atoms with van der Waals surface area (Å²) in [5.74, 6) is 0.0207. The standard InChI is InChI=1S/C15H19N3O3/c1-11-9-21-12(8-19)6-18(11)15(20)7-17-10-16-13-4-2-3-5-14(13)17/h2-5,10-12,19H,6-9H2,1H3. The van der Waals surface area contributed by atoms with Gasteiger partial charge in [0, 0.05) is 6.54 Å². The summed E-state index contributed by atoms with van der Waals surface area (Å²) in [6.07, 6.45) is 1.40. The molecule has 2 unspecified atom stereocenters. The molecule has 3 rings (SSSR count). The van der Waals surface area contributed by atoms with E-state index in [1.54, 1.807) is 11.2 Å². The third kappa shape index (κ3) is 2.77. The van der Waals surface area contributed by atoms with Gasteiger partial charge in [0.15, 0.2) is 0 Å². The molecule has 2 aromatic rings. The van der Waals surface area contributed by atoms with E-state index < -0.39 is 0 Å². The molecular weight excluding hydrogens is 270 g/mol. The number of nitrogens with zero attached hydrogens (tertiary/aromatic N) is 3. The van der Waals surface area contributed by atoms with E-state index in [9.17, 15) is 9.90 Å². The van der Waals surface area contributed by atoms with Gasteiger partial charge in [-0.15, -0.1) is 0 Å². The van der Waals surface area contributed by atoms with Gasteiger partial charge >= 0.3 is 0 Å². The number of benzene rings is 1. The lowest BCUT2D eigenvalue weighted by atomic mass is 10.2. The van der Waals surface area contributed by atoms with Gasteiger partial charge in [-0.1, -0.05) is 12.1 Å². The quantitative estimate of drug-likeness (QED) is 0.900. The van der Waals surface area contributed by atoms with Gasteiger partial charge in [0.05, 0.1) is 42.7 Å². The number of imidazole rings is 1. The summed E-state index contributed by atoms with van der Waals surface area (Å²) >= 11 is 0. The normalized spacial score (nSPS) is 22.7. The van der Waals surface area contributed by atoms with Crippen molar-refractivity contribution in [1.82, 2.24) is 14.5 Å². The fourth-order valence-corrected chi connectivity index (χ4v) is 2.65. The summed E-state index contributed by atoms with van der Waals surface area (Å²) in [5.41, 5.74) is 1.83. The second-order valence-corrected chi connectivity index (χ2v) is 5.39. The number of morpholine rings is 1. The third-order valence-corrected chi connectivity index (χ3v) is 3.86. The molecule has 1 aliphatic rings. The highest BCUT2D eigenvalue weighted by Gasteiger charge is 2.29. The number of carbonyl (C=O) groups is 1. The molecule has 1 aromatic heterocycles. The molecule has 1 aliphatic heterocycles. The molecule has 2 atom stereocenters. The molecule has 0 saturated carbocycles. The Bertz CT molecular complexity index is 640. The third-order valence-electron chi connectivity index (χ3n) is 3.86. The van der Waals surface area contributed by atoms with Crippen molar-refractivity contribution in [2.75, 3.05) is 19.8 Å². The Morgan fingerprint density at radius 2 is 2.29 bits per heavy atom. The van der Waals surface area contributed by atoms with Gasteiger partial charge in [-0.3, -0.25) is 4.79 Å². The predicted octanol–water partition coefficient (Wildman–Crippen LogP) is 0.644. The van der Waals surface area contributed by atoms with E-state index in [0.717, 1.165) is 11.0 Å². The maximum absolute atomic E-state index is 12.5. The van der Waals surface area contributed by atoms with Crippen LogP contribution in [0.3, 0.4) is 0 Å². The second kappa shape index (κ2) is 5.83. The number of aliphatic hydroxyl groups is 1. The van der Waals surface area contributed by atoms with Crippen LogP contribution in [-0.4, -0.2) is 57.4 Å². The number of ether oxygens (including phenoxy) is 1. The lowest BCUT2D eigenvalue weighted by Crippen LogP contribution is -2.52. The first-order valence-electron chi connectivity index (χ1n) is 7.11. The van der Waals surface area contributed by atoms with Crippen LogP contribution in [0, 0.1) is 0 Å². The molecule has 0 spiro atoms. The number of aromatic nitrogens is 2. The summed E-state index contributed by atoms with van der Waals surface area (Å²) in [6, 6.07) is 7.77. The number of fused-ring (bicyclic) bond motifs is 1.